The van der Waals surface area contributed by atoms with Gasteiger partial charge in [0.05, 0.1) is 25.9 Å². The van der Waals surface area contributed by atoms with Gasteiger partial charge in [0.1, 0.15) is 5.75 Å². The van der Waals surface area contributed by atoms with Gasteiger partial charge < -0.3 is 20.3 Å². The molecular formula is C22H25NO3. The third-order valence-electron chi connectivity index (χ3n) is 4.77. The lowest BCUT2D eigenvalue weighted by Gasteiger charge is -2.28. The van der Waals surface area contributed by atoms with E-state index in [0.717, 1.165) is 16.9 Å². The number of benzene rings is 3. The Kier molecular flexibility index (Phi) is 5.89. The zero-order valence-corrected chi connectivity index (χ0v) is 15.1. The Morgan fingerprint density at radius 1 is 0.962 bits per heavy atom. The van der Waals surface area contributed by atoms with Crippen LogP contribution in [0.4, 0.5) is 0 Å². The number of aliphatic hydroxyl groups excluding tert-OH is 2. The fraction of sp³-hybridized carbons (Fsp3) is 0.273. The van der Waals surface area contributed by atoms with Gasteiger partial charge >= 0.3 is 0 Å². The molecule has 0 saturated carbocycles. The standard InChI is InChI=1S/C22H25NO3/c1-15(19-9-5-7-16-6-3-4-8-20(16)19)23-22(21(25)14-24)17-10-12-18(26-2)13-11-17/h3-13,15,21-25H,14H2,1-2H3/t15-,21+,22-/m1/s1. The van der Waals surface area contributed by atoms with Crippen molar-refractivity contribution in [1.82, 2.24) is 5.32 Å². The van der Waals surface area contributed by atoms with Gasteiger partial charge in [-0.15, -0.1) is 0 Å². The molecule has 0 aliphatic rings. The molecule has 3 atom stereocenters. The molecule has 4 nitrogen and oxygen atoms in total. The molecule has 0 radical (unpaired) electrons. The van der Waals surface area contributed by atoms with E-state index in [1.807, 2.05) is 42.5 Å². The minimum absolute atomic E-state index is 0.00518. The summed E-state index contributed by atoms with van der Waals surface area (Å²) >= 11 is 0. The molecule has 0 amide bonds. The summed E-state index contributed by atoms with van der Waals surface area (Å²) in [6.45, 7) is 1.76. The van der Waals surface area contributed by atoms with Crippen molar-refractivity contribution >= 4 is 10.8 Å². The molecule has 0 heterocycles. The van der Waals surface area contributed by atoms with E-state index < -0.39 is 6.10 Å². The fourth-order valence-electron chi connectivity index (χ4n) is 3.33. The van der Waals surface area contributed by atoms with Crippen LogP contribution in [0.25, 0.3) is 10.8 Å². The van der Waals surface area contributed by atoms with Gasteiger partial charge in [0.25, 0.3) is 0 Å². The Morgan fingerprint density at radius 3 is 2.35 bits per heavy atom. The van der Waals surface area contributed by atoms with Crippen molar-refractivity contribution in [1.29, 1.82) is 0 Å². The lowest BCUT2D eigenvalue weighted by molar-refractivity contribution is 0.0590. The maximum atomic E-state index is 10.4. The van der Waals surface area contributed by atoms with Gasteiger partial charge in [-0.1, -0.05) is 54.6 Å². The summed E-state index contributed by atoms with van der Waals surface area (Å²) in [6, 6.07) is 21.6. The number of methoxy groups -OCH3 is 1. The molecule has 0 aliphatic heterocycles. The van der Waals surface area contributed by atoms with Crippen LogP contribution < -0.4 is 10.1 Å². The topological polar surface area (TPSA) is 61.7 Å². The third-order valence-corrected chi connectivity index (χ3v) is 4.77. The SMILES string of the molecule is COc1ccc([C@@H](N[C@H](C)c2cccc3ccccc23)[C@@H](O)CO)cc1. The molecule has 0 saturated heterocycles. The van der Waals surface area contributed by atoms with Crippen LogP contribution in [0.15, 0.2) is 66.7 Å². The highest BCUT2D eigenvalue weighted by molar-refractivity contribution is 5.86. The smallest absolute Gasteiger partial charge is 0.118 e. The number of rotatable bonds is 7. The summed E-state index contributed by atoms with van der Waals surface area (Å²) in [5.74, 6) is 0.757. The van der Waals surface area contributed by atoms with Gasteiger partial charge in [-0.05, 0) is 41.0 Å². The molecule has 3 aromatic rings. The van der Waals surface area contributed by atoms with Crippen LogP contribution in [0.5, 0.6) is 5.75 Å². The average molecular weight is 351 g/mol. The van der Waals surface area contributed by atoms with Gasteiger partial charge in [0, 0.05) is 6.04 Å². The Morgan fingerprint density at radius 2 is 1.65 bits per heavy atom. The third kappa shape index (κ3) is 3.88. The Bertz CT molecular complexity index is 842. The summed E-state index contributed by atoms with van der Waals surface area (Å²) in [5.41, 5.74) is 2.06. The predicted molar refractivity (Wildman–Crippen MR) is 104 cm³/mol. The Hall–Kier alpha value is -2.40. The lowest BCUT2D eigenvalue weighted by atomic mass is 9.96. The largest absolute Gasteiger partial charge is 0.497 e. The van der Waals surface area contributed by atoms with Crippen molar-refractivity contribution in [3.63, 3.8) is 0 Å². The zero-order chi connectivity index (χ0) is 18.5. The van der Waals surface area contributed by atoms with Gasteiger partial charge in [-0.25, -0.2) is 0 Å². The van der Waals surface area contributed by atoms with E-state index in [4.69, 9.17) is 4.74 Å². The van der Waals surface area contributed by atoms with Crippen molar-refractivity contribution in [3.05, 3.63) is 77.9 Å². The molecule has 0 spiro atoms. The number of hydrogen-bond donors (Lipinski definition) is 3. The second-order valence-electron chi connectivity index (χ2n) is 6.46. The molecule has 136 valence electrons. The number of nitrogens with one attached hydrogen (secondary N) is 1. The van der Waals surface area contributed by atoms with Gasteiger partial charge in [0.15, 0.2) is 0 Å². The highest BCUT2D eigenvalue weighted by Gasteiger charge is 2.23. The average Bonchev–Trinajstić information content (AvgIpc) is 2.71. The molecule has 4 heteroatoms. The summed E-state index contributed by atoms with van der Waals surface area (Å²) in [7, 11) is 1.62. The quantitative estimate of drug-likeness (QED) is 0.609. The first-order valence-electron chi connectivity index (χ1n) is 8.80. The Labute approximate surface area is 154 Å². The van der Waals surface area contributed by atoms with Gasteiger partial charge in [-0.2, -0.15) is 0 Å². The minimum Gasteiger partial charge on any atom is -0.497 e. The molecule has 0 aromatic heterocycles. The van der Waals surface area contributed by atoms with Gasteiger partial charge in [-0.3, -0.25) is 0 Å². The van der Waals surface area contributed by atoms with E-state index in [0.29, 0.717) is 0 Å². The monoisotopic (exact) mass is 351 g/mol. The maximum Gasteiger partial charge on any atom is 0.118 e. The first kappa shape index (κ1) is 18.4. The van der Waals surface area contributed by atoms with Crippen LogP contribution in [0.1, 0.15) is 30.1 Å². The zero-order valence-electron chi connectivity index (χ0n) is 15.1. The first-order chi connectivity index (χ1) is 12.6. The highest BCUT2D eigenvalue weighted by atomic mass is 16.5. The summed E-state index contributed by atoms with van der Waals surface area (Å²) in [6.07, 6.45) is -0.902. The van der Waals surface area contributed by atoms with Gasteiger partial charge in [0.2, 0.25) is 0 Å². The van der Waals surface area contributed by atoms with Crippen LogP contribution in [0.2, 0.25) is 0 Å². The molecule has 26 heavy (non-hydrogen) atoms. The second kappa shape index (κ2) is 8.32. The second-order valence-corrected chi connectivity index (χ2v) is 6.46. The molecule has 3 aromatic carbocycles. The van der Waals surface area contributed by atoms with Crippen molar-refractivity contribution in [3.8, 4) is 5.75 Å². The molecule has 0 aliphatic carbocycles. The molecule has 0 unspecified atom stereocenters. The molecule has 0 fully saturated rings. The fourth-order valence-corrected chi connectivity index (χ4v) is 3.33. The number of aliphatic hydroxyl groups is 2. The summed E-state index contributed by atoms with van der Waals surface area (Å²) in [5, 5.41) is 25.7. The van der Waals surface area contributed by atoms with E-state index in [9.17, 15) is 10.2 Å². The highest BCUT2D eigenvalue weighted by Crippen LogP contribution is 2.28. The molecular weight excluding hydrogens is 326 g/mol. The van der Waals surface area contributed by atoms with Crippen molar-refractivity contribution in [2.24, 2.45) is 0 Å². The minimum atomic E-state index is -0.902. The van der Waals surface area contributed by atoms with Crippen LogP contribution in [0.3, 0.4) is 0 Å². The van der Waals surface area contributed by atoms with Crippen LogP contribution in [0, 0.1) is 0 Å². The van der Waals surface area contributed by atoms with Crippen LogP contribution in [-0.4, -0.2) is 30.0 Å². The van der Waals surface area contributed by atoms with Crippen LogP contribution >= 0.6 is 0 Å². The molecule has 3 rings (SSSR count). The summed E-state index contributed by atoms with van der Waals surface area (Å²) in [4.78, 5) is 0. The van der Waals surface area contributed by atoms with Crippen LogP contribution in [-0.2, 0) is 0 Å². The Balaban J connectivity index is 1.90. The maximum absolute atomic E-state index is 10.4. The first-order valence-corrected chi connectivity index (χ1v) is 8.80. The van der Waals surface area contributed by atoms with E-state index in [-0.39, 0.29) is 18.7 Å². The van der Waals surface area contributed by atoms with E-state index in [1.165, 1.54) is 10.8 Å². The lowest BCUT2D eigenvalue weighted by Crippen LogP contribution is -2.35. The number of fused-ring (bicyclic) bond motifs is 1. The molecule has 3 N–H and O–H groups in total. The predicted octanol–water partition coefficient (Wildman–Crippen LogP) is 3.59. The summed E-state index contributed by atoms with van der Waals surface area (Å²) < 4.78 is 5.20. The van der Waals surface area contributed by atoms with Crippen molar-refractivity contribution < 1.29 is 14.9 Å². The van der Waals surface area contributed by atoms with E-state index in [2.05, 4.69) is 36.5 Å². The molecule has 0 bridgehead atoms. The van der Waals surface area contributed by atoms with E-state index in [1.54, 1.807) is 7.11 Å². The normalized spacial score (nSPS) is 14.8. The van der Waals surface area contributed by atoms with Crippen molar-refractivity contribution in [2.75, 3.05) is 13.7 Å². The van der Waals surface area contributed by atoms with Crippen molar-refractivity contribution in [2.45, 2.75) is 25.1 Å². The van der Waals surface area contributed by atoms with E-state index >= 15 is 0 Å². The number of ether oxygens (including phenoxy) is 1. The number of hydrogen-bond acceptors (Lipinski definition) is 4.